The summed E-state index contributed by atoms with van der Waals surface area (Å²) in [6.45, 7) is 9.08. The second-order valence-electron chi connectivity index (χ2n) is 6.28. The van der Waals surface area contributed by atoms with Crippen LogP contribution in [0.15, 0.2) is 18.2 Å². The van der Waals surface area contributed by atoms with E-state index in [9.17, 15) is 14.4 Å². The fraction of sp³-hybridized carbons (Fsp3) is 0.500. The Hall–Kier alpha value is -2.37. The highest BCUT2D eigenvalue weighted by molar-refractivity contribution is 5.98. The van der Waals surface area contributed by atoms with E-state index in [0.717, 1.165) is 16.8 Å². The summed E-state index contributed by atoms with van der Waals surface area (Å²) in [6.07, 6.45) is 0. The summed E-state index contributed by atoms with van der Waals surface area (Å²) in [7, 11) is 0. The van der Waals surface area contributed by atoms with E-state index in [0.29, 0.717) is 26.2 Å². The Labute approximate surface area is 143 Å². The molecule has 6 heteroatoms. The van der Waals surface area contributed by atoms with Crippen LogP contribution in [-0.2, 0) is 14.4 Å². The number of piperazine rings is 1. The van der Waals surface area contributed by atoms with E-state index >= 15 is 0 Å². The Morgan fingerprint density at radius 2 is 1.58 bits per heavy atom. The summed E-state index contributed by atoms with van der Waals surface area (Å²) in [6, 6.07) is 5.82. The number of amides is 3. The number of carbonyl (C=O) groups is 3. The molecule has 3 amide bonds. The largest absolute Gasteiger partial charge is 0.339 e. The third-order valence-corrected chi connectivity index (χ3v) is 4.39. The molecule has 2 rings (SSSR count). The molecule has 6 nitrogen and oxygen atoms in total. The highest BCUT2D eigenvalue weighted by Crippen LogP contribution is 2.21. The molecule has 0 spiro atoms. The fourth-order valence-corrected chi connectivity index (χ4v) is 2.98. The monoisotopic (exact) mass is 331 g/mol. The Kier molecular flexibility index (Phi) is 5.59. The van der Waals surface area contributed by atoms with E-state index in [-0.39, 0.29) is 24.3 Å². The van der Waals surface area contributed by atoms with E-state index < -0.39 is 0 Å². The molecule has 0 N–H and O–H groups in total. The van der Waals surface area contributed by atoms with Crippen LogP contribution < -0.4 is 4.90 Å². The molecule has 0 saturated carbocycles. The lowest BCUT2D eigenvalue weighted by Crippen LogP contribution is -2.52. The maximum absolute atomic E-state index is 12.6. The predicted molar refractivity (Wildman–Crippen MR) is 92.8 cm³/mol. The van der Waals surface area contributed by atoms with Gasteiger partial charge in [0, 0.05) is 45.7 Å². The summed E-state index contributed by atoms with van der Waals surface area (Å²) >= 11 is 0. The molecule has 0 aromatic heterocycles. The van der Waals surface area contributed by atoms with Crippen molar-refractivity contribution < 1.29 is 14.4 Å². The average Bonchev–Trinajstić information content (AvgIpc) is 2.53. The van der Waals surface area contributed by atoms with Crippen molar-refractivity contribution >= 4 is 23.4 Å². The first kappa shape index (κ1) is 18.0. The van der Waals surface area contributed by atoms with Crippen LogP contribution in [0.5, 0.6) is 0 Å². The molecule has 1 aliphatic heterocycles. The SMILES string of the molecule is CC(=O)N1CCN(C(=O)CN(C(C)=O)c2ccc(C)cc2C)CC1. The van der Waals surface area contributed by atoms with E-state index in [1.807, 2.05) is 32.0 Å². The van der Waals surface area contributed by atoms with Gasteiger partial charge in [0.1, 0.15) is 6.54 Å². The molecular formula is C18H25N3O3. The highest BCUT2D eigenvalue weighted by Gasteiger charge is 2.25. The fourth-order valence-electron chi connectivity index (χ4n) is 2.98. The molecule has 0 bridgehead atoms. The minimum Gasteiger partial charge on any atom is -0.339 e. The number of nitrogens with zero attached hydrogens (tertiary/aromatic N) is 3. The first-order valence-electron chi connectivity index (χ1n) is 8.18. The van der Waals surface area contributed by atoms with Gasteiger partial charge in [-0.05, 0) is 25.5 Å². The van der Waals surface area contributed by atoms with Crippen LogP contribution in [-0.4, -0.2) is 60.2 Å². The topological polar surface area (TPSA) is 60.9 Å². The van der Waals surface area contributed by atoms with Gasteiger partial charge in [0.2, 0.25) is 17.7 Å². The Morgan fingerprint density at radius 3 is 2.08 bits per heavy atom. The Morgan fingerprint density at radius 1 is 1.00 bits per heavy atom. The first-order chi connectivity index (χ1) is 11.3. The molecule has 1 aromatic carbocycles. The number of benzene rings is 1. The molecule has 1 saturated heterocycles. The lowest BCUT2D eigenvalue weighted by atomic mass is 10.1. The Bertz CT molecular complexity index is 649. The number of aryl methyl sites for hydroxylation is 2. The normalized spacial score (nSPS) is 14.5. The van der Waals surface area contributed by atoms with Crippen molar-refractivity contribution in [2.24, 2.45) is 0 Å². The summed E-state index contributed by atoms with van der Waals surface area (Å²) in [5, 5.41) is 0. The third kappa shape index (κ3) is 4.13. The van der Waals surface area contributed by atoms with Gasteiger partial charge in [0.15, 0.2) is 0 Å². The third-order valence-electron chi connectivity index (χ3n) is 4.39. The van der Waals surface area contributed by atoms with Gasteiger partial charge in [-0.15, -0.1) is 0 Å². The summed E-state index contributed by atoms with van der Waals surface area (Å²) in [5.74, 6) is -0.214. The quantitative estimate of drug-likeness (QED) is 0.840. The molecule has 0 aliphatic carbocycles. The first-order valence-corrected chi connectivity index (χ1v) is 8.18. The van der Waals surface area contributed by atoms with Gasteiger partial charge in [-0.2, -0.15) is 0 Å². The molecule has 1 aromatic rings. The zero-order valence-corrected chi connectivity index (χ0v) is 14.8. The van der Waals surface area contributed by atoms with Gasteiger partial charge < -0.3 is 14.7 Å². The Balaban J connectivity index is 2.07. The van der Waals surface area contributed by atoms with Crippen molar-refractivity contribution in [2.45, 2.75) is 27.7 Å². The van der Waals surface area contributed by atoms with Gasteiger partial charge in [-0.1, -0.05) is 17.7 Å². The lowest BCUT2D eigenvalue weighted by molar-refractivity contribution is -0.137. The van der Waals surface area contributed by atoms with Crippen LogP contribution >= 0.6 is 0 Å². The van der Waals surface area contributed by atoms with Crippen LogP contribution in [0.2, 0.25) is 0 Å². The van der Waals surface area contributed by atoms with Crippen molar-refractivity contribution in [1.29, 1.82) is 0 Å². The van der Waals surface area contributed by atoms with Crippen LogP contribution in [0.4, 0.5) is 5.69 Å². The second-order valence-corrected chi connectivity index (χ2v) is 6.28. The smallest absolute Gasteiger partial charge is 0.242 e. The molecule has 1 aliphatic rings. The van der Waals surface area contributed by atoms with Crippen molar-refractivity contribution in [1.82, 2.24) is 9.80 Å². The van der Waals surface area contributed by atoms with Crippen LogP contribution in [0.3, 0.4) is 0 Å². The molecule has 0 radical (unpaired) electrons. The molecule has 0 unspecified atom stereocenters. The van der Waals surface area contributed by atoms with Crippen molar-refractivity contribution in [2.75, 3.05) is 37.6 Å². The summed E-state index contributed by atoms with van der Waals surface area (Å²) in [4.78, 5) is 41.0. The number of hydrogen-bond donors (Lipinski definition) is 0. The van der Waals surface area contributed by atoms with Gasteiger partial charge in [-0.3, -0.25) is 14.4 Å². The lowest BCUT2D eigenvalue weighted by Gasteiger charge is -2.35. The molecule has 24 heavy (non-hydrogen) atoms. The maximum atomic E-state index is 12.6. The van der Waals surface area contributed by atoms with Gasteiger partial charge in [0.25, 0.3) is 0 Å². The summed E-state index contributed by atoms with van der Waals surface area (Å²) < 4.78 is 0. The number of anilines is 1. The second kappa shape index (κ2) is 7.47. The number of carbonyl (C=O) groups excluding carboxylic acids is 3. The van der Waals surface area contributed by atoms with Gasteiger partial charge in [0.05, 0.1) is 0 Å². The van der Waals surface area contributed by atoms with Crippen molar-refractivity contribution in [3.05, 3.63) is 29.3 Å². The standard InChI is InChI=1S/C18H25N3O3/c1-13-5-6-17(14(2)11-13)21(16(4)23)12-18(24)20-9-7-19(8-10-20)15(3)22/h5-6,11H,7-10,12H2,1-4H3. The minimum atomic E-state index is -0.155. The zero-order valence-electron chi connectivity index (χ0n) is 14.8. The predicted octanol–water partition coefficient (Wildman–Crippen LogP) is 1.35. The van der Waals surface area contributed by atoms with E-state index in [1.165, 1.54) is 18.7 Å². The van der Waals surface area contributed by atoms with Crippen molar-refractivity contribution in [3.8, 4) is 0 Å². The molecule has 130 valence electrons. The van der Waals surface area contributed by atoms with Crippen LogP contribution in [0.25, 0.3) is 0 Å². The molecular weight excluding hydrogens is 306 g/mol. The van der Waals surface area contributed by atoms with Gasteiger partial charge >= 0.3 is 0 Å². The van der Waals surface area contributed by atoms with Crippen molar-refractivity contribution in [3.63, 3.8) is 0 Å². The maximum Gasteiger partial charge on any atom is 0.242 e. The van der Waals surface area contributed by atoms with Crippen LogP contribution in [0, 0.1) is 13.8 Å². The summed E-state index contributed by atoms with van der Waals surface area (Å²) in [5.41, 5.74) is 2.86. The van der Waals surface area contributed by atoms with Crippen LogP contribution in [0.1, 0.15) is 25.0 Å². The molecule has 1 heterocycles. The molecule has 1 fully saturated rings. The average molecular weight is 331 g/mol. The number of rotatable bonds is 3. The molecule has 0 atom stereocenters. The number of hydrogen-bond acceptors (Lipinski definition) is 3. The zero-order chi connectivity index (χ0) is 17.9. The highest BCUT2D eigenvalue weighted by atomic mass is 16.2. The van der Waals surface area contributed by atoms with E-state index in [1.54, 1.807) is 9.80 Å². The van der Waals surface area contributed by atoms with E-state index in [2.05, 4.69) is 0 Å². The van der Waals surface area contributed by atoms with Gasteiger partial charge in [-0.25, -0.2) is 0 Å². The minimum absolute atomic E-state index is 0.0271. The van der Waals surface area contributed by atoms with E-state index in [4.69, 9.17) is 0 Å².